The number of aryl methyl sites for hydroxylation is 1. The Morgan fingerprint density at radius 1 is 1.25 bits per heavy atom. The molecule has 0 atom stereocenters. The summed E-state index contributed by atoms with van der Waals surface area (Å²) in [5.74, 6) is 0.739. The van der Waals surface area contributed by atoms with E-state index in [4.69, 9.17) is 9.72 Å². The van der Waals surface area contributed by atoms with Crippen molar-refractivity contribution < 1.29 is 22.7 Å². The summed E-state index contributed by atoms with van der Waals surface area (Å²) in [6.07, 6.45) is 0.961. The fraction of sp³-hybridized carbons (Fsp3) is 0.538. The number of nitrogens with zero attached hydrogens (tertiary/aromatic N) is 6. The molecular formula is C26H36F3N7O3Si. The van der Waals surface area contributed by atoms with Gasteiger partial charge in [-0.05, 0) is 31.0 Å². The molecule has 0 bridgehead atoms. The van der Waals surface area contributed by atoms with Crippen LogP contribution in [0.5, 0.6) is 0 Å². The summed E-state index contributed by atoms with van der Waals surface area (Å²) < 4.78 is 48.1. The number of carbonyl (C=O) groups excluding carboxylic acids is 1. The number of ether oxygens (including phenoxy) is 1. The molecule has 218 valence electrons. The van der Waals surface area contributed by atoms with Crippen LogP contribution in [-0.4, -0.2) is 70.9 Å². The Morgan fingerprint density at radius 3 is 2.60 bits per heavy atom. The van der Waals surface area contributed by atoms with Gasteiger partial charge in [-0.3, -0.25) is 4.79 Å². The lowest BCUT2D eigenvalue weighted by atomic mass is 10.0. The summed E-state index contributed by atoms with van der Waals surface area (Å²) in [7, 11) is 1.64. The monoisotopic (exact) mass is 579 g/mol. The van der Waals surface area contributed by atoms with Crippen molar-refractivity contribution in [2.75, 3.05) is 37.0 Å². The molecule has 1 N–H and O–H groups in total. The van der Waals surface area contributed by atoms with E-state index in [1.807, 2.05) is 16.8 Å². The Kier molecular flexibility index (Phi) is 8.59. The fourth-order valence-electron chi connectivity index (χ4n) is 4.56. The van der Waals surface area contributed by atoms with Crippen LogP contribution in [0.25, 0.3) is 11.2 Å². The zero-order valence-electron chi connectivity index (χ0n) is 23.5. The second-order valence-corrected chi connectivity index (χ2v) is 17.0. The van der Waals surface area contributed by atoms with Gasteiger partial charge in [-0.25, -0.2) is 14.8 Å². The van der Waals surface area contributed by atoms with Gasteiger partial charge in [0.2, 0.25) is 0 Å². The van der Waals surface area contributed by atoms with Crippen molar-refractivity contribution in [1.82, 2.24) is 24.0 Å². The van der Waals surface area contributed by atoms with E-state index in [9.17, 15) is 22.8 Å². The molecule has 10 nitrogen and oxygen atoms in total. The van der Waals surface area contributed by atoms with Crippen molar-refractivity contribution in [3.05, 3.63) is 46.6 Å². The van der Waals surface area contributed by atoms with E-state index in [0.717, 1.165) is 34.2 Å². The average Bonchev–Trinajstić information content (AvgIpc) is 3.29. The molecule has 0 aromatic carbocycles. The van der Waals surface area contributed by atoms with Crippen molar-refractivity contribution in [1.29, 1.82) is 0 Å². The highest BCUT2D eigenvalue weighted by Crippen LogP contribution is 2.30. The molecule has 0 aliphatic carbocycles. The summed E-state index contributed by atoms with van der Waals surface area (Å²) in [5.41, 5.74) is -0.616. The van der Waals surface area contributed by atoms with Gasteiger partial charge in [-0.15, -0.1) is 0 Å². The molecule has 14 heteroatoms. The number of hydrogen-bond donors (Lipinski definition) is 1. The SMILES string of the molecule is CN(C(=O)Nc1cc(C(F)(F)F)cn(C)c1=O)C1CCN(c2cnc3c(ccn3COCC[Si](C)(C)C)n2)CC1. The van der Waals surface area contributed by atoms with Crippen LogP contribution in [-0.2, 0) is 24.7 Å². The Morgan fingerprint density at radius 2 is 1.95 bits per heavy atom. The first kappa shape index (κ1) is 29.6. The molecule has 0 spiro atoms. The van der Waals surface area contributed by atoms with Crippen molar-refractivity contribution >= 4 is 36.8 Å². The minimum absolute atomic E-state index is 0.156. The van der Waals surface area contributed by atoms with Gasteiger partial charge in [0.15, 0.2) is 5.65 Å². The number of amides is 2. The van der Waals surface area contributed by atoms with E-state index in [1.54, 1.807) is 13.2 Å². The van der Waals surface area contributed by atoms with Crippen molar-refractivity contribution in [2.24, 2.45) is 7.05 Å². The number of halogens is 3. The molecule has 0 saturated carbocycles. The van der Waals surface area contributed by atoms with Gasteiger partial charge >= 0.3 is 12.2 Å². The zero-order valence-corrected chi connectivity index (χ0v) is 24.5. The predicted octanol–water partition coefficient (Wildman–Crippen LogP) is 4.59. The van der Waals surface area contributed by atoms with Crippen molar-refractivity contribution in [3.8, 4) is 0 Å². The second kappa shape index (κ2) is 11.6. The third-order valence-electron chi connectivity index (χ3n) is 7.09. The second-order valence-electron chi connectivity index (χ2n) is 11.4. The summed E-state index contributed by atoms with van der Waals surface area (Å²) in [6, 6.07) is 2.88. The van der Waals surface area contributed by atoms with Crippen LogP contribution < -0.4 is 15.8 Å². The fourth-order valence-corrected chi connectivity index (χ4v) is 5.31. The Bertz CT molecular complexity index is 1410. The molecule has 2 amide bonds. The van der Waals surface area contributed by atoms with Gasteiger partial charge in [-0.1, -0.05) is 19.6 Å². The van der Waals surface area contributed by atoms with E-state index < -0.39 is 37.1 Å². The van der Waals surface area contributed by atoms with E-state index >= 15 is 0 Å². The maximum Gasteiger partial charge on any atom is 0.417 e. The first-order chi connectivity index (χ1) is 18.7. The molecule has 1 fully saturated rings. The van der Waals surface area contributed by atoms with Gasteiger partial charge < -0.3 is 29.0 Å². The zero-order chi connectivity index (χ0) is 29.2. The Labute approximate surface area is 231 Å². The number of anilines is 2. The molecule has 0 unspecified atom stereocenters. The first-order valence-corrected chi connectivity index (χ1v) is 16.9. The number of piperidine rings is 1. The number of urea groups is 1. The molecular weight excluding hydrogens is 543 g/mol. The maximum absolute atomic E-state index is 13.2. The number of nitrogens with one attached hydrogen (secondary N) is 1. The van der Waals surface area contributed by atoms with Crippen LogP contribution in [0.3, 0.4) is 0 Å². The van der Waals surface area contributed by atoms with Crippen LogP contribution in [0.1, 0.15) is 18.4 Å². The van der Waals surface area contributed by atoms with Crippen LogP contribution in [0.4, 0.5) is 29.5 Å². The van der Waals surface area contributed by atoms with E-state index in [-0.39, 0.29) is 6.04 Å². The average molecular weight is 580 g/mol. The van der Waals surface area contributed by atoms with E-state index in [1.165, 1.54) is 11.9 Å². The van der Waals surface area contributed by atoms with Crippen LogP contribution in [0.2, 0.25) is 25.7 Å². The third-order valence-corrected chi connectivity index (χ3v) is 8.79. The number of hydrogen-bond acceptors (Lipinski definition) is 6. The molecule has 4 heterocycles. The highest BCUT2D eigenvalue weighted by Gasteiger charge is 2.33. The molecule has 3 aromatic rings. The largest absolute Gasteiger partial charge is 0.417 e. The molecule has 3 aromatic heterocycles. The van der Waals surface area contributed by atoms with Gasteiger partial charge in [0, 0.05) is 60.3 Å². The molecule has 1 saturated heterocycles. The number of carbonyl (C=O) groups is 1. The number of fused-ring (bicyclic) bond motifs is 1. The predicted molar refractivity (Wildman–Crippen MR) is 150 cm³/mol. The summed E-state index contributed by atoms with van der Waals surface area (Å²) in [6.45, 7) is 9.33. The van der Waals surface area contributed by atoms with Gasteiger partial charge in [0.25, 0.3) is 5.56 Å². The van der Waals surface area contributed by atoms with Gasteiger partial charge in [-0.2, -0.15) is 13.2 Å². The highest BCUT2D eigenvalue weighted by molar-refractivity contribution is 6.76. The Hall–Kier alpha value is -3.39. The van der Waals surface area contributed by atoms with E-state index in [0.29, 0.717) is 44.9 Å². The van der Waals surface area contributed by atoms with Crippen molar-refractivity contribution in [3.63, 3.8) is 0 Å². The summed E-state index contributed by atoms with van der Waals surface area (Å²) in [5, 5.41) is 2.36. The summed E-state index contributed by atoms with van der Waals surface area (Å²) in [4.78, 5) is 38.0. The van der Waals surface area contributed by atoms with Crippen LogP contribution in [0.15, 0.2) is 35.5 Å². The van der Waals surface area contributed by atoms with Gasteiger partial charge in [0.1, 0.15) is 23.8 Å². The molecule has 1 aliphatic rings. The standard InChI is InChI=1S/C26H36F3N7O3Si/c1-33-16-18(26(27,28)29)14-21(24(33)37)32-25(38)34(2)19-6-9-35(10-7-19)22-15-30-23-20(31-22)8-11-36(23)17-39-12-13-40(3,4)5/h8,11,14-16,19H,6-7,9-10,12-13,17H2,1-5H3,(H,32,38). The third kappa shape index (κ3) is 7.02. The quantitative estimate of drug-likeness (QED) is 0.310. The molecule has 1 aliphatic heterocycles. The van der Waals surface area contributed by atoms with Gasteiger partial charge in [0.05, 0.1) is 11.8 Å². The Balaban J connectivity index is 1.34. The van der Waals surface area contributed by atoms with Crippen molar-refractivity contribution in [2.45, 2.75) is 57.5 Å². The number of pyridine rings is 1. The molecule has 4 rings (SSSR count). The number of aromatic nitrogens is 4. The lowest BCUT2D eigenvalue weighted by Crippen LogP contribution is -2.47. The normalized spacial score (nSPS) is 15.1. The number of alkyl halides is 3. The topological polar surface area (TPSA) is 97.5 Å². The van der Waals surface area contributed by atoms with E-state index in [2.05, 4.69) is 34.8 Å². The maximum atomic E-state index is 13.2. The molecule has 0 radical (unpaired) electrons. The minimum Gasteiger partial charge on any atom is -0.361 e. The minimum atomic E-state index is -4.64. The summed E-state index contributed by atoms with van der Waals surface area (Å²) >= 11 is 0. The lowest BCUT2D eigenvalue weighted by molar-refractivity contribution is -0.138. The smallest absolute Gasteiger partial charge is 0.361 e. The van der Waals surface area contributed by atoms with Crippen LogP contribution >= 0.6 is 0 Å². The first-order valence-electron chi connectivity index (χ1n) is 13.2. The number of rotatable bonds is 8. The lowest BCUT2D eigenvalue weighted by Gasteiger charge is -2.37. The molecule has 40 heavy (non-hydrogen) atoms. The highest BCUT2D eigenvalue weighted by atomic mass is 28.3. The van der Waals surface area contributed by atoms with Crippen LogP contribution in [0, 0.1) is 0 Å².